The maximum absolute atomic E-state index is 4.94. The summed E-state index contributed by atoms with van der Waals surface area (Å²) in [5.74, 6) is 0. The van der Waals surface area contributed by atoms with Crippen molar-refractivity contribution in [3.63, 3.8) is 0 Å². The second-order valence-corrected chi connectivity index (χ2v) is 7.87. The lowest BCUT2D eigenvalue weighted by atomic mass is 10.1. The smallest absolute Gasteiger partial charge is 0.0897 e. The molecule has 0 bridgehead atoms. The molecule has 0 atom stereocenters. The van der Waals surface area contributed by atoms with Gasteiger partial charge in [0.1, 0.15) is 0 Å². The summed E-state index contributed by atoms with van der Waals surface area (Å²) in [4.78, 5) is 19.5. The Morgan fingerprint density at radius 2 is 1.00 bits per heavy atom. The van der Waals surface area contributed by atoms with E-state index in [1.54, 1.807) is 0 Å². The van der Waals surface area contributed by atoms with Gasteiger partial charge in [0.25, 0.3) is 0 Å². The minimum Gasteiger partial charge on any atom is -0.298 e. The van der Waals surface area contributed by atoms with Crippen molar-refractivity contribution in [3.05, 3.63) is 65.5 Å². The normalized spacial score (nSPS) is 11.5. The lowest BCUT2D eigenvalue weighted by Crippen LogP contribution is -2.22. The lowest BCUT2D eigenvalue weighted by Gasteiger charge is -2.18. The fourth-order valence-electron chi connectivity index (χ4n) is 3.70. The van der Waals surface area contributed by atoms with Crippen molar-refractivity contribution in [1.29, 1.82) is 0 Å². The predicted molar refractivity (Wildman–Crippen MR) is 129 cm³/mol. The van der Waals surface area contributed by atoms with Gasteiger partial charge in [-0.05, 0) is 75.1 Å². The first-order valence-corrected chi connectivity index (χ1v) is 11.4. The third-order valence-electron chi connectivity index (χ3n) is 5.67. The number of pyridine rings is 3. The standard InChI is InChI=1S/C26H35N5/c1-6-30(7-2)18-21-12-10-14-23(27-21)25-16-20(5)17-26(29-25)24-15-11-13-22(28-24)19-31(8-3)9-4/h10-17H,6-9,18-19H2,1-5H3. The zero-order valence-corrected chi connectivity index (χ0v) is 19.6. The number of aryl methyl sites for hydroxylation is 1. The van der Waals surface area contributed by atoms with Gasteiger partial charge in [-0.15, -0.1) is 0 Å². The fraction of sp³-hybridized carbons (Fsp3) is 0.423. The molecule has 0 radical (unpaired) electrons. The van der Waals surface area contributed by atoms with Crippen LogP contribution in [0.1, 0.15) is 44.6 Å². The Labute approximate surface area is 187 Å². The van der Waals surface area contributed by atoms with Crippen molar-refractivity contribution in [3.8, 4) is 22.8 Å². The second-order valence-electron chi connectivity index (χ2n) is 7.87. The van der Waals surface area contributed by atoms with Crippen molar-refractivity contribution >= 4 is 0 Å². The maximum atomic E-state index is 4.94. The van der Waals surface area contributed by atoms with Crippen LogP contribution in [0.4, 0.5) is 0 Å². The van der Waals surface area contributed by atoms with E-state index >= 15 is 0 Å². The van der Waals surface area contributed by atoms with Crippen LogP contribution < -0.4 is 0 Å². The lowest BCUT2D eigenvalue weighted by molar-refractivity contribution is 0.292. The first-order valence-electron chi connectivity index (χ1n) is 11.4. The van der Waals surface area contributed by atoms with Gasteiger partial charge in [0, 0.05) is 13.1 Å². The van der Waals surface area contributed by atoms with E-state index in [0.29, 0.717) is 0 Å². The van der Waals surface area contributed by atoms with Crippen LogP contribution in [0.25, 0.3) is 22.8 Å². The highest BCUT2D eigenvalue weighted by atomic mass is 15.1. The quantitative estimate of drug-likeness (QED) is 0.454. The molecule has 0 aromatic carbocycles. The maximum Gasteiger partial charge on any atom is 0.0897 e. The van der Waals surface area contributed by atoms with Crippen LogP contribution in [0.15, 0.2) is 48.5 Å². The summed E-state index contributed by atoms with van der Waals surface area (Å²) in [6.07, 6.45) is 0. The minimum atomic E-state index is 0.856. The molecule has 0 aliphatic rings. The van der Waals surface area contributed by atoms with Crippen molar-refractivity contribution in [1.82, 2.24) is 24.8 Å². The molecule has 3 aromatic rings. The van der Waals surface area contributed by atoms with Gasteiger partial charge in [-0.25, -0.2) is 15.0 Å². The van der Waals surface area contributed by atoms with E-state index in [0.717, 1.165) is 79.0 Å². The van der Waals surface area contributed by atoms with Gasteiger partial charge < -0.3 is 0 Å². The van der Waals surface area contributed by atoms with Crippen molar-refractivity contribution in [2.24, 2.45) is 0 Å². The SMILES string of the molecule is CCN(CC)Cc1cccc(-c2cc(C)cc(-c3cccc(CN(CC)CC)n3)n2)n1. The van der Waals surface area contributed by atoms with E-state index in [2.05, 4.69) is 80.8 Å². The van der Waals surface area contributed by atoms with Crippen LogP contribution in [-0.4, -0.2) is 50.9 Å². The molecular weight excluding hydrogens is 382 g/mol. The molecule has 0 fully saturated rings. The molecule has 0 aliphatic carbocycles. The second kappa shape index (κ2) is 11.1. The average molecular weight is 418 g/mol. The summed E-state index contributed by atoms with van der Waals surface area (Å²) < 4.78 is 0. The Hall–Kier alpha value is -2.63. The van der Waals surface area contributed by atoms with Gasteiger partial charge in [0.15, 0.2) is 0 Å². The summed E-state index contributed by atoms with van der Waals surface area (Å²) >= 11 is 0. The molecule has 0 unspecified atom stereocenters. The number of hydrogen-bond acceptors (Lipinski definition) is 5. The van der Waals surface area contributed by atoms with Crippen LogP contribution in [0, 0.1) is 6.92 Å². The van der Waals surface area contributed by atoms with E-state index in [4.69, 9.17) is 15.0 Å². The Morgan fingerprint density at radius 3 is 1.39 bits per heavy atom. The van der Waals surface area contributed by atoms with Crippen LogP contribution in [0.3, 0.4) is 0 Å². The van der Waals surface area contributed by atoms with Gasteiger partial charge in [-0.1, -0.05) is 39.8 Å². The zero-order chi connectivity index (χ0) is 22.2. The first kappa shape index (κ1) is 23.0. The molecule has 0 aliphatic heterocycles. The third-order valence-corrected chi connectivity index (χ3v) is 5.67. The Morgan fingerprint density at radius 1 is 0.581 bits per heavy atom. The highest BCUT2D eigenvalue weighted by Gasteiger charge is 2.11. The molecular formula is C26H35N5. The summed E-state index contributed by atoms with van der Waals surface area (Å²) in [7, 11) is 0. The Balaban J connectivity index is 1.91. The molecule has 5 nitrogen and oxygen atoms in total. The minimum absolute atomic E-state index is 0.856. The van der Waals surface area contributed by atoms with Crippen LogP contribution in [0.2, 0.25) is 0 Å². The topological polar surface area (TPSA) is 45.2 Å². The third kappa shape index (κ3) is 6.18. The van der Waals surface area contributed by atoms with E-state index in [9.17, 15) is 0 Å². The van der Waals surface area contributed by atoms with Crippen LogP contribution in [0.5, 0.6) is 0 Å². The van der Waals surface area contributed by atoms with Crippen molar-refractivity contribution < 1.29 is 0 Å². The number of rotatable bonds is 10. The largest absolute Gasteiger partial charge is 0.298 e. The van der Waals surface area contributed by atoms with Gasteiger partial charge in [-0.3, -0.25) is 9.80 Å². The zero-order valence-electron chi connectivity index (χ0n) is 19.6. The predicted octanol–water partition coefficient (Wildman–Crippen LogP) is 5.20. The molecule has 3 heterocycles. The van der Waals surface area contributed by atoms with E-state index < -0.39 is 0 Å². The fourth-order valence-corrected chi connectivity index (χ4v) is 3.70. The molecule has 0 amide bonds. The van der Waals surface area contributed by atoms with Crippen molar-refractivity contribution in [2.75, 3.05) is 26.2 Å². The highest BCUT2D eigenvalue weighted by molar-refractivity contribution is 5.63. The summed E-state index contributed by atoms with van der Waals surface area (Å²) in [5.41, 5.74) is 6.92. The van der Waals surface area contributed by atoms with Gasteiger partial charge in [0.05, 0.1) is 34.2 Å². The monoisotopic (exact) mass is 417 g/mol. The van der Waals surface area contributed by atoms with E-state index in [1.807, 2.05) is 12.1 Å². The number of aromatic nitrogens is 3. The summed E-state index contributed by atoms with van der Waals surface area (Å²) in [5, 5.41) is 0. The van der Waals surface area contributed by atoms with Crippen LogP contribution >= 0.6 is 0 Å². The summed E-state index contributed by atoms with van der Waals surface area (Å²) in [6.45, 7) is 16.6. The van der Waals surface area contributed by atoms with Gasteiger partial charge in [-0.2, -0.15) is 0 Å². The number of hydrogen-bond donors (Lipinski definition) is 0. The molecule has 0 saturated carbocycles. The van der Waals surface area contributed by atoms with Crippen molar-refractivity contribution in [2.45, 2.75) is 47.7 Å². The Kier molecular flexibility index (Phi) is 8.27. The van der Waals surface area contributed by atoms with E-state index in [-0.39, 0.29) is 0 Å². The molecule has 5 heteroatoms. The average Bonchev–Trinajstić information content (AvgIpc) is 2.81. The van der Waals surface area contributed by atoms with Gasteiger partial charge >= 0.3 is 0 Å². The Bertz CT molecular complexity index is 901. The van der Waals surface area contributed by atoms with Gasteiger partial charge in [0.2, 0.25) is 0 Å². The molecule has 0 spiro atoms. The molecule has 3 rings (SSSR count). The molecule has 164 valence electrons. The molecule has 0 N–H and O–H groups in total. The molecule has 0 saturated heterocycles. The number of nitrogens with zero attached hydrogens (tertiary/aromatic N) is 5. The molecule has 3 aromatic heterocycles. The van der Waals surface area contributed by atoms with Crippen LogP contribution in [-0.2, 0) is 13.1 Å². The molecule has 31 heavy (non-hydrogen) atoms. The van der Waals surface area contributed by atoms with E-state index in [1.165, 1.54) is 0 Å². The first-order chi connectivity index (χ1) is 15.1. The highest BCUT2D eigenvalue weighted by Crippen LogP contribution is 2.23. The summed E-state index contributed by atoms with van der Waals surface area (Å²) in [6, 6.07) is 16.6.